The Morgan fingerprint density at radius 1 is 1.86 bits per heavy atom. The minimum Gasteiger partial charge on any atom is -0.478 e. The number of aliphatic carboxylic acids is 1. The Labute approximate surface area is 81.8 Å². The van der Waals surface area contributed by atoms with Crippen molar-refractivity contribution in [3.8, 4) is 6.07 Å². The Kier molecular flexibility index (Phi) is 2.87. The highest BCUT2D eigenvalue weighted by Crippen LogP contribution is 2.05. The first kappa shape index (κ1) is 10.3. The van der Waals surface area contributed by atoms with Crippen LogP contribution in [-0.2, 0) is 11.3 Å². The highest BCUT2D eigenvalue weighted by Gasteiger charge is 2.18. The van der Waals surface area contributed by atoms with Crippen LogP contribution < -0.4 is 4.57 Å². The number of imidazole rings is 1. The van der Waals surface area contributed by atoms with E-state index in [0.717, 1.165) is 5.82 Å². The van der Waals surface area contributed by atoms with E-state index in [-0.39, 0.29) is 12.6 Å². The maximum Gasteiger partial charge on any atom is 0.346 e. The lowest BCUT2D eigenvalue weighted by Gasteiger charge is -1.99. The molecule has 14 heavy (non-hydrogen) atoms. The second-order valence-electron chi connectivity index (χ2n) is 3.08. The van der Waals surface area contributed by atoms with E-state index in [4.69, 9.17) is 10.4 Å². The van der Waals surface area contributed by atoms with Crippen LogP contribution in [0.5, 0.6) is 0 Å². The smallest absolute Gasteiger partial charge is 0.346 e. The van der Waals surface area contributed by atoms with Gasteiger partial charge in [-0.25, -0.2) is 13.9 Å². The number of carboxylic acid groups (broad SMARTS) is 1. The van der Waals surface area contributed by atoms with Gasteiger partial charge in [-0.3, -0.25) is 0 Å². The van der Waals surface area contributed by atoms with Crippen LogP contribution in [0.4, 0.5) is 0 Å². The fourth-order valence-corrected chi connectivity index (χ4v) is 1.30. The molecule has 74 valence electrons. The number of rotatable bonds is 3. The van der Waals surface area contributed by atoms with Crippen molar-refractivity contribution in [2.45, 2.75) is 26.4 Å². The standard InChI is InChI=1S/C9H11N3O2/c1-7(5-10)12-4-3-11(8(12)2)6-9(13)14/h3-4,7H,6H2,1-2H3/p+1. The van der Waals surface area contributed by atoms with Gasteiger partial charge in [0.1, 0.15) is 18.5 Å². The molecule has 1 unspecified atom stereocenters. The number of hydrogen-bond acceptors (Lipinski definition) is 2. The first-order valence-electron chi connectivity index (χ1n) is 4.24. The monoisotopic (exact) mass is 194 g/mol. The van der Waals surface area contributed by atoms with E-state index in [2.05, 4.69) is 6.07 Å². The van der Waals surface area contributed by atoms with Gasteiger partial charge in [-0.1, -0.05) is 0 Å². The number of hydrogen-bond donors (Lipinski definition) is 1. The highest BCUT2D eigenvalue weighted by molar-refractivity contribution is 5.64. The average molecular weight is 194 g/mol. The molecular formula is C9H12N3O2+. The zero-order valence-corrected chi connectivity index (χ0v) is 8.14. The molecule has 1 heterocycles. The van der Waals surface area contributed by atoms with Crippen molar-refractivity contribution in [1.29, 1.82) is 5.26 Å². The summed E-state index contributed by atoms with van der Waals surface area (Å²) in [7, 11) is 0. The SMILES string of the molecule is Cc1n(C(C)C#N)cc[n+]1CC(=O)O. The molecule has 0 aliphatic carbocycles. The minimum absolute atomic E-state index is 0.0724. The van der Waals surface area contributed by atoms with E-state index in [9.17, 15) is 4.79 Å². The van der Waals surface area contributed by atoms with Gasteiger partial charge in [0.2, 0.25) is 0 Å². The molecule has 1 rings (SSSR count). The van der Waals surface area contributed by atoms with Gasteiger partial charge < -0.3 is 5.11 Å². The number of nitrogens with zero attached hydrogens (tertiary/aromatic N) is 3. The third kappa shape index (κ3) is 1.91. The summed E-state index contributed by atoms with van der Waals surface area (Å²) < 4.78 is 3.33. The second-order valence-corrected chi connectivity index (χ2v) is 3.08. The molecule has 0 bridgehead atoms. The van der Waals surface area contributed by atoms with Crippen LogP contribution in [0.25, 0.3) is 0 Å². The van der Waals surface area contributed by atoms with Crippen molar-refractivity contribution in [2.75, 3.05) is 0 Å². The Morgan fingerprint density at radius 3 is 3.00 bits per heavy atom. The van der Waals surface area contributed by atoms with E-state index in [1.165, 1.54) is 0 Å². The molecule has 1 aromatic heterocycles. The van der Waals surface area contributed by atoms with Crippen LogP contribution in [0, 0.1) is 18.3 Å². The van der Waals surface area contributed by atoms with Gasteiger partial charge in [-0.05, 0) is 6.92 Å². The molecular weight excluding hydrogens is 182 g/mol. The van der Waals surface area contributed by atoms with Gasteiger partial charge in [-0.15, -0.1) is 0 Å². The lowest BCUT2D eigenvalue weighted by molar-refractivity contribution is -0.691. The quantitative estimate of drug-likeness (QED) is 0.701. The summed E-state index contributed by atoms with van der Waals surface area (Å²) in [6.45, 7) is 3.48. The molecule has 0 saturated heterocycles. The summed E-state index contributed by atoms with van der Waals surface area (Å²) in [5, 5.41) is 17.3. The van der Waals surface area contributed by atoms with Crippen molar-refractivity contribution in [3.63, 3.8) is 0 Å². The van der Waals surface area contributed by atoms with Gasteiger partial charge in [-0.2, -0.15) is 5.26 Å². The number of aromatic nitrogens is 2. The summed E-state index contributed by atoms with van der Waals surface area (Å²) in [4.78, 5) is 10.5. The van der Waals surface area contributed by atoms with Crippen molar-refractivity contribution in [1.82, 2.24) is 4.57 Å². The molecule has 5 nitrogen and oxygen atoms in total. The molecule has 1 N–H and O–H groups in total. The van der Waals surface area contributed by atoms with Crippen molar-refractivity contribution >= 4 is 5.97 Å². The van der Waals surface area contributed by atoms with Crippen LogP contribution in [-0.4, -0.2) is 15.6 Å². The molecule has 0 aliphatic heterocycles. The zero-order valence-electron chi connectivity index (χ0n) is 8.14. The normalized spacial score (nSPS) is 12.1. The van der Waals surface area contributed by atoms with E-state index in [1.807, 2.05) is 0 Å². The Balaban J connectivity index is 2.97. The largest absolute Gasteiger partial charge is 0.478 e. The minimum atomic E-state index is -0.888. The van der Waals surface area contributed by atoms with Gasteiger partial charge >= 0.3 is 5.97 Å². The maximum absolute atomic E-state index is 10.5. The van der Waals surface area contributed by atoms with Gasteiger partial charge in [0.25, 0.3) is 5.82 Å². The molecule has 0 amide bonds. The molecule has 0 saturated carbocycles. The van der Waals surface area contributed by atoms with Crippen LogP contribution in [0.15, 0.2) is 12.4 Å². The molecule has 5 heteroatoms. The third-order valence-corrected chi connectivity index (χ3v) is 2.11. The fraction of sp³-hybridized carbons (Fsp3) is 0.444. The molecule has 0 aromatic carbocycles. The molecule has 0 fully saturated rings. The van der Waals surface area contributed by atoms with E-state index in [1.54, 1.807) is 35.4 Å². The third-order valence-electron chi connectivity index (χ3n) is 2.11. The molecule has 0 aliphatic rings. The second kappa shape index (κ2) is 3.92. The Hall–Kier alpha value is -1.83. The number of carboxylic acids is 1. The molecule has 0 radical (unpaired) electrons. The van der Waals surface area contributed by atoms with E-state index >= 15 is 0 Å². The number of nitriles is 1. The van der Waals surface area contributed by atoms with Gasteiger partial charge in [0.15, 0.2) is 12.6 Å². The molecule has 0 spiro atoms. The lowest BCUT2D eigenvalue weighted by Crippen LogP contribution is -2.39. The zero-order chi connectivity index (χ0) is 10.7. The highest BCUT2D eigenvalue weighted by atomic mass is 16.4. The topological polar surface area (TPSA) is 69.9 Å². The van der Waals surface area contributed by atoms with Crippen molar-refractivity contribution < 1.29 is 14.5 Å². The predicted molar refractivity (Wildman–Crippen MR) is 47.3 cm³/mol. The number of carbonyl (C=O) groups is 1. The van der Waals surface area contributed by atoms with Crippen LogP contribution in [0.3, 0.4) is 0 Å². The predicted octanol–water partition coefficient (Wildman–Crippen LogP) is 0.253. The summed E-state index contributed by atoms with van der Waals surface area (Å²) >= 11 is 0. The van der Waals surface area contributed by atoms with Gasteiger partial charge in [0.05, 0.1) is 0 Å². The lowest BCUT2D eigenvalue weighted by atomic mass is 10.4. The van der Waals surface area contributed by atoms with Crippen LogP contribution >= 0.6 is 0 Å². The molecule has 1 aromatic rings. The first-order chi connectivity index (χ1) is 6.56. The summed E-state index contributed by atoms with van der Waals surface area (Å²) in [5.74, 6) is -0.123. The van der Waals surface area contributed by atoms with Crippen molar-refractivity contribution in [3.05, 3.63) is 18.2 Å². The van der Waals surface area contributed by atoms with Gasteiger partial charge in [0, 0.05) is 6.92 Å². The summed E-state index contributed by atoms with van der Waals surface area (Å²) in [6, 6.07) is 1.82. The fourth-order valence-electron chi connectivity index (χ4n) is 1.30. The van der Waals surface area contributed by atoms with E-state index in [0.29, 0.717) is 0 Å². The first-order valence-corrected chi connectivity index (χ1v) is 4.24. The van der Waals surface area contributed by atoms with Crippen LogP contribution in [0.1, 0.15) is 18.8 Å². The maximum atomic E-state index is 10.5. The van der Waals surface area contributed by atoms with Crippen LogP contribution in [0.2, 0.25) is 0 Å². The Morgan fingerprint density at radius 2 is 2.50 bits per heavy atom. The van der Waals surface area contributed by atoms with Crippen molar-refractivity contribution in [2.24, 2.45) is 0 Å². The van der Waals surface area contributed by atoms with E-state index < -0.39 is 5.97 Å². The summed E-state index contributed by atoms with van der Waals surface area (Å²) in [6.07, 6.45) is 3.38. The molecule has 1 atom stereocenters. The Bertz CT molecular complexity index is 389. The summed E-state index contributed by atoms with van der Waals surface area (Å²) in [5.41, 5.74) is 0. The average Bonchev–Trinajstić information content (AvgIpc) is 2.46.